The molecule has 2 fully saturated rings. The summed E-state index contributed by atoms with van der Waals surface area (Å²) in [4.78, 5) is 23.8. The fraction of sp³-hybridized carbons (Fsp3) is 0.714. The molecule has 0 aromatic rings. The molecule has 2 aliphatic rings. The lowest BCUT2D eigenvalue weighted by atomic mass is 9.69. The molecule has 1 aliphatic carbocycles. The Kier molecular flexibility index (Phi) is 3.57. The highest BCUT2D eigenvalue weighted by molar-refractivity contribution is 5.92. The molecule has 1 saturated heterocycles. The normalized spacial score (nSPS) is 33.9. The summed E-state index contributed by atoms with van der Waals surface area (Å²) in [5.41, 5.74) is 0.150. The van der Waals surface area contributed by atoms with Crippen LogP contribution in [0.4, 0.5) is 0 Å². The van der Waals surface area contributed by atoms with Crippen molar-refractivity contribution in [3.05, 3.63) is 11.6 Å². The Balaban J connectivity index is 2.21. The number of fused-ring (bicyclic) bond motifs is 1. The summed E-state index contributed by atoms with van der Waals surface area (Å²) >= 11 is 0. The molecule has 2 atom stereocenters. The fourth-order valence-electron chi connectivity index (χ4n) is 2.75. The molecule has 0 aromatic heterocycles. The van der Waals surface area contributed by atoms with E-state index in [-0.39, 0.29) is 24.0 Å². The predicted molar refractivity (Wildman–Crippen MR) is 66.0 cm³/mol. The molecular formula is C14H20O4. The first kappa shape index (κ1) is 13.3. The van der Waals surface area contributed by atoms with Crippen LogP contribution in [0, 0.1) is 5.41 Å². The third-order valence-corrected chi connectivity index (χ3v) is 3.84. The summed E-state index contributed by atoms with van der Waals surface area (Å²) in [6, 6.07) is 0. The zero-order valence-corrected chi connectivity index (χ0v) is 11.2. The Morgan fingerprint density at radius 1 is 1.56 bits per heavy atom. The number of hydrogen-bond acceptors (Lipinski definition) is 4. The maximum atomic E-state index is 12.1. The monoisotopic (exact) mass is 252 g/mol. The van der Waals surface area contributed by atoms with Gasteiger partial charge in [0.05, 0.1) is 24.2 Å². The Morgan fingerprint density at radius 3 is 2.94 bits per heavy atom. The summed E-state index contributed by atoms with van der Waals surface area (Å²) < 4.78 is 10.7. The van der Waals surface area contributed by atoms with Crippen molar-refractivity contribution in [2.75, 3.05) is 6.61 Å². The van der Waals surface area contributed by atoms with Crippen molar-refractivity contribution < 1.29 is 19.1 Å². The van der Waals surface area contributed by atoms with Crippen LogP contribution in [0.1, 0.15) is 40.0 Å². The van der Waals surface area contributed by atoms with Crippen molar-refractivity contribution in [3.63, 3.8) is 0 Å². The van der Waals surface area contributed by atoms with Crippen LogP contribution < -0.4 is 0 Å². The minimum atomic E-state index is -0.617. The molecule has 18 heavy (non-hydrogen) atoms. The number of esters is 1. The zero-order valence-electron chi connectivity index (χ0n) is 11.2. The summed E-state index contributed by atoms with van der Waals surface area (Å²) in [5.74, 6) is -0.205. The molecule has 1 saturated carbocycles. The van der Waals surface area contributed by atoms with Crippen LogP contribution in [0.25, 0.3) is 0 Å². The van der Waals surface area contributed by atoms with Crippen LogP contribution in [0.15, 0.2) is 11.6 Å². The van der Waals surface area contributed by atoms with E-state index in [1.807, 2.05) is 6.92 Å². The molecule has 4 heteroatoms. The molecule has 0 N–H and O–H groups in total. The van der Waals surface area contributed by atoms with E-state index in [0.29, 0.717) is 13.0 Å². The van der Waals surface area contributed by atoms with Crippen molar-refractivity contribution in [3.8, 4) is 0 Å². The van der Waals surface area contributed by atoms with Crippen molar-refractivity contribution >= 4 is 11.8 Å². The second-order valence-corrected chi connectivity index (χ2v) is 5.47. The smallest absolute Gasteiger partial charge is 0.331 e. The summed E-state index contributed by atoms with van der Waals surface area (Å²) in [5, 5.41) is 0. The number of rotatable bonds is 2. The first-order valence-corrected chi connectivity index (χ1v) is 6.51. The largest absolute Gasteiger partial charge is 0.460 e. The average Bonchev–Trinajstić information content (AvgIpc) is 2.58. The fourth-order valence-corrected chi connectivity index (χ4v) is 2.75. The van der Waals surface area contributed by atoms with Crippen molar-refractivity contribution in [1.29, 1.82) is 0 Å². The van der Waals surface area contributed by atoms with E-state index >= 15 is 0 Å². The van der Waals surface area contributed by atoms with Crippen LogP contribution >= 0.6 is 0 Å². The zero-order chi connectivity index (χ0) is 13.3. The highest BCUT2D eigenvalue weighted by atomic mass is 16.5. The van der Waals surface area contributed by atoms with Crippen LogP contribution in [0.2, 0.25) is 0 Å². The third kappa shape index (κ3) is 2.21. The summed E-state index contributed by atoms with van der Waals surface area (Å²) in [6.45, 7) is 5.86. The molecule has 0 unspecified atom stereocenters. The number of ketones is 1. The highest BCUT2D eigenvalue weighted by Crippen LogP contribution is 2.46. The van der Waals surface area contributed by atoms with Gasteiger partial charge in [0.2, 0.25) is 0 Å². The standard InChI is InChI=1S/C14H20O4/c1-9(2)18-13(16)7-10-8-17-12-6-4-5-11(15)14(10,12)3/h7,9,12H,4-6,8H2,1-3H3/b10-7-/t12-,14+/m0/s1. The van der Waals surface area contributed by atoms with Gasteiger partial charge in [-0.25, -0.2) is 4.79 Å². The number of carbonyl (C=O) groups is 2. The van der Waals surface area contributed by atoms with Gasteiger partial charge < -0.3 is 9.47 Å². The Bertz CT molecular complexity index is 397. The predicted octanol–water partition coefficient (Wildman–Crippen LogP) is 2.02. The van der Waals surface area contributed by atoms with Gasteiger partial charge in [0.15, 0.2) is 0 Å². The van der Waals surface area contributed by atoms with E-state index in [1.165, 1.54) is 6.08 Å². The number of ether oxygens (including phenoxy) is 2. The molecule has 4 nitrogen and oxygen atoms in total. The average molecular weight is 252 g/mol. The first-order chi connectivity index (χ1) is 8.44. The van der Waals surface area contributed by atoms with Gasteiger partial charge >= 0.3 is 5.97 Å². The van der Waals surface area contributed by atoms with E-state index < -0.39 is 5.41 Å². The molecule has 0 spiro atoms. The molecule has 2 rings (SSSR count). The Morgan fingerprint density at radius 2 is 2.28 bits per heavy atom. The molecule has 0 radical (unpaired) electrons. The van der Waals surface area contributed by atoms with Crippen LogP contribution in [0.5, 0.6) is 0 Å². The SMILES string of the molecule is CC(C)OC(=O)/C=C1/CO[C@H]2CCCC(=O)[C@@]12C. The Labute approximate surface area is 107 Å². The van der Waals surface area contributed by atoms with E-state index in [2.05, 4.69) is 0 Å². The molecule has 0 amide bonds. The van der Waals surface area contributed by atoms with Crippen molar-refractivity contribution in [2.24, 2.45) is 5.41 Å². The summed E-state index contributed by atoms with van der Waals surface area (Å²) in [7, 11) is 0. The van der Waals surface area contributed by atoms with E-state index in [1.54, 1.807) is 13.8 Å². The molecule has 1 heterocycles. The van der Waals surface area contributed by atoms with Crippen molar-refractivity contribution in [1.82, 2.24) is 0 Å². The van der Waals surface area contributed by atoms with Crippen LogP contribution in [-0.4, -0.2) is 30.6 Å². The summed E-state index contributed by atoms with van der Waals surface area (Å²) in [6.07, 6.45) is 3.57. The first-order valence-electron chi connectivity index (χ1n) is 6.51. The minimum Gasteiger partial charge on any atom is -0.460 e. The van der Waals surface area contributed by atoms with E-state index in [0.717, 1.165) is 18.4 Å². The molecule has 100 valence electrons. The van der Waals surface area contributed by atoms with Gasteiger partial charge in [-0.05, 0) is 39.2 Å². The van der Waals surface area contributed by atoms with Gasteiger partial charge in [0.25, 0.3) is 0 Å². The van der Waals surface area contributed by atoms with Gasteiger partial charge in [0, 0.05) is 12.5 Å². The minimum absolute atomic E-state index is 0.0724. The topological polar surface area (TPSA) is 52.6 Å². The highest BCUT2D eigenvalue weighted by Gasteiger charge is 2.51. The van der Waals surface area contributed by atoms with Gasteiger partial charge in [-0.3, -0.25) is 4.79 Å². The second kappa shape index (κ2) is 4.84. The van der Waals surface area contributed by atoms with Gasteiger partial charge in [0.1, 0.15) is 5.78 Å². The lowest BCUT2D eigenvalue weighted by Crippen LogP contribution is -2.41. The quantitative estimate of drug-likeness (QED) is 0.557. The van der Waals surface area contributed by atoms with Gasteiger partial charge in [-0.1, -0.05) is 0 Å². The second-order valence-electron chi connectivity index (χ2n) is 5.47. The van der Waals surface area contributed by atoms with Gasteiger partial charge in [-0.2, -0.15) is 0 Å². The Hall–Kier alpha value is -1.16. The molecular weight excluding hydrogens is 232 g/mol. The van der Waals surface area contributed by atoms with Crippen LogP contribution in [0.3, 0.4) is 0 Å². The van der Waals surface area contributed by atoms with Crippen molar-refractivity contribution in [2.45, 2.75) is 52.2 Å². The number of Topliss-reactive ketones (excluding diaryl/α,β-unsaturated/α-hetero) is 1. The number of carbonyl (C=O) groups excluding carboxylic acids is 2. The lowest BCUT2D eigenvalue weighted by Gasteiger charge is -2.33. The van der Waals surface area contributed by atoms with Crippen LogP contribution in [-0.2, 0) is 19.1 Å². The molecule has 1 aliphatic heterocycles. The van der Waals surface area contributed by atoms with E-state index in [9.17, 15) is 9.59 Å². The maximum absolute atomic E-state index is 12.1. The number of hydrogen-bond donors (Lipinski definition) is 0. The molecule has 0 bridgehead atoms. The van der Waals surface area contributed by atoms with E-state index in [4.69, 9.17) is 9.47 Å². The third-order valence-electron chi connectivity index (χ3n) is 3.84. The maximum Gasteiger partial charge on any atom is 0.331 e. The van der Waals surface area contributed by atoms with Gasteiger partial charge in [-0.15, -0.1) is 0 Å². The molecule has 0 aromatic carbocycles. The lowest BCUT2D eigenvalue weighted by molar-refractivity contribution is -0.141.